The van der Waals surface area contributed by atoms with Gasteiger partial charge in [0, 0.05) is 12.6 Å². The number of nitrogens with two attached hydrogens (primary N) is 1. The summed E-state index contributed by atoms with van der Waals surface area (Å²) in [6, 6.07) is 0.730. The number of hydrazine groups is 1. The molecule has 0 aromatic carbocycles. The maximum absolute atomic E-state index is 13.4. The molecule has 1 aliphatic rings. The molecule has 7 heteroatoms. The Kier molecular flexibility index (Phi) is 3.93. The van der Waals surface area contributed by atoms with E-state index in [0.29, 0.717) is 13.0 Å². The number of aromatic nitrogens is 1. The molecule has 1 aliphatic carbocycles. The number of hydrogen-bond donors (Lipinski definition) is 4. The van der Waals surface area contributed by atoms with Gasteiger partial charge in [-0.05, 0) is 25.2 Å². The van der Waals surface area contributed by atoms with Crippen molar-refractivity contribution in [2.75, 3.05) is 17.3 Å². The highest BCUT2D eigenvalue weighted by atomic mass is 19.1. The van der Waals surface area contributed by atoms with Crippen LogP contribution in [0.1, 0.15) is 19.3 Å². The van der Waals surface area contributed by atoms with E-state index in [0.717, 1.165) is 18.9 Å². The molecule has 2 atom stereocenters. The molecule has 0 bridgehead atoms. The fourth-order valence-electron chi connectivity index (χ4n) is 2.17. The average molecular weight is 258 g/mol. The van der Waals surface area contributed by atoms with E-state index in [1.165, 1.54) is 0 Å². The molecule has 1 heterocycles. The van der Waals surface area contributed by atoms with Crippen molar-refractivity contribution in [3.8, 4) is 0 Å². The average Bonchev–Trinajstić information content (AvgIpc) is 2.74. The highest BCUT2D eigenvalue weighted by Gasteiger charge is 2.23. The number of rotatable bonds is 4. The summed E-state index contributed by atoms with van der Waals surface area (Å²) in [6.45, 7) is 0.497. The smallest absolute Gasteiger partial charge is 0.178 e. The molecule has 2 unspecified atom stereocenters. The molecule has 1 saturated carbocycles. The molecule has 0 amide bonds. The normalized spacial score (nSPS) is 23.1. The number of nitrogen functional groups attached to an aromatic ring is 1. The summed E-state index contributed by atoms with van der Waals surface area (Å²) in [7, 11) is 0. The van der Waals surface area contributed by atoms with Gasteiger partial charge in [0.2, 0.25) is 0 Å². The predicted octanol–water partition coefficient (Wildman–Crippen LogP) is 1.22. The van der Waals surface area contributed by atoms with Crippen LogP contribution >= 0.6 is 0 Å². The number of aliphatic hydroxyl groups is 1. The minimum absolute atomic E-state index is 0.0364. The third-order valence-corrected chi connectivity index (χ3v) is 3.14. The Labute approximate surface area is 103 Å². The lowest BCUT2D eigenvalue weighted by Gasteiger charge is -2.13. The molecule has 5 nitrogen and oxygen atoms in total. The second-order valence-electron chi connectivity index (χ2n) is 4.51. The summed E-state index contributed by atoms with van der Waals surface area (Å²) in [5.74, 6) is 3.51. The molecular formula is C11H16F2N4O. The maximum atomic E-state index is 13.4. The molecule has 1 fully saturated rings. The van der Waals surface area contributed by atoms with Crippen LogP contribution in [0.2, 0.25) is 0 Å². The van der Waals surface area contributed by atoms with Crippen molar-refractivity contribution >= 4 is 11.6 Å². The third kappa shape index (κ3) is 2.85. The fraction of sp³-hybridized carbons (Fsp3) is 0.545. The number of halogens is 2. The maximum Gasteiger partial charge on any atom is 0.178 e. The van der Waals surface area contributed by atoms with Gasteiger partial charge in [-0.2, -0.15) is 0 Å². The van der Waals surface area contributed by atoms with E-state index >= 15 is 0 Å². The summed E-state index contributed by atoms with van der Waals surface area (Å²) >= 11 is 0. The molecule has 0 saturated heterocycles. The topological polar surface area (TPSA) is 83.2 Å². The Balaban J connectivity index is 2.00. The van der Waals surface area contributed by atoms with E-state index in [1.807, 2.05) is 0 Å². The summed E-state index contributed by atoms with van der Waals surface area (Å²) < 4.78 is 26.6. The zero-order chi connectivity index (χ0) is 13.1. The standard InChI is InChI=1S/C11H16F2N4O/c12-8-4-9(13)11(17-14)16-10(8)15-5-6-1-2-7(18)3-6/h4,6-7,18H,1-3,5,14H2,(H2,15,16,17). The van der Waals surface area contributed by atoms with E-state index in [-0.39, 0.29) is 23.7 Å². The van der Waals surface area contributed by atoms with Crippen molar-refractivity contribution in [1.82, 2.24) is 4.98 Å². The van der Waals surface area contributed by atoms with Crippen molar-refractivity contribution in [3.63, 3.8) is 0 Å². The zero-order valence-electron chi connectivity index (χ0n) is 9.79. The molecule has 0 spiro atoms. The fourth-order valence-corrected chi connectivity index (χ4v) is 2.17. The zero-order valence-corrected chi connectivity index (χ0v) is 9.79. The van der Waals surface area contributed by atoms with Gasteiger partial charge in [0.15, 0.2) is 23.3 Å². The number of pyridine rings is 1. The number of nitrogens with zero attached hydrogens (tertiary/aromatic N) is 1. The monoisotopic (exact) mass is 258 g/mol. The van der Waals surface area contributed by atoms with E-state index in [9.17, 15) is 13.9 Å². The molecule has 18 heavy (non-hydrogen) atoms. The SMILES string of the molecule is NNc1nc(NCC2CCC(O)C2)c(F)cc1F. The molecule has 2 rings (SSSR count). The van der Waals surface area contributed by atoms with E-state index in [2.05, 4.69) is 15.7 Å². The molecule has 0 aliphatic heterocycles. The highest BCUT2D eigenvalue weighted by molar-refractivity contribution is 5.46. The van der Waals surface area contributed by atoms with Crippen LogP contribution in [-0.4, -0.2) is 22.7 Å². The van der Waals surface area contributed by atoms with Gasteiger partial charge in [-0.15, -0.1) is 0 Å². The summed E-state index contributed by atoms with van der Waals surface area (Å²) in [4.78, 5) is 3.71. The van der Waals surface area contributed by atoms with Gasteiger partial charge in [-0.25, -0.2) is 19.6 Å². The van der Waals surface area contributed by atoms with E-state index < -0.39 is 11.6 Å². The van der Waals surface area contributed by atoms with Gasteiger partial charge in [0.1, 0.15) is 0 Å². The number of nitrogens with one attached hydrogen (secondary N) is 2. The van der Waals surface area contributed by atoms with Crippen LogP contribution in [0.4, 0.5) is 20.4 Å². The number of hydrogen-bond acceptors (Lipinski definition) is 5. The van der Waals surface area contributed by atoms with Crippen molar-refractivity contribution in [3.05, 3.63) is 17.7 Å². The Morgan fingerprint density at radius 3 is 2.67 bits per heavy atom. The van der Waals surface area contributed by atoms with Crippen LogP contribution in [0, 0.1) is 17.6 Å². The first-order valence-corrected chi connectivity index (χ1v) is 5.84. The van der Waals surface area contributed by atoms with Crippen LogP contribution < -0.4 is 16.6 Å². The van der Waals surface area contributed by atoms with Crippen molar-refractivity contribution < 1.29 is 13.9 Å². The lowest BCUT2D eigenvalue weighted by molar-refractivity contribution is 0.178. The van der Waals surface area contributed by atoms with E-state index in [1.54, 1.807) is 0 Å². The van der Waals surface area contributed by atoms with Gasteiger partial charge in [-0.3, -0.25) is 0 Å². The van der Waals surface area contributed by atoms with Crippen LogP contribution in [0.25, 0.3) is 0 Å². The van der Waals surface area contributed by atoms with Crippen LogP contribution in [-0.2, 0) is 0 Å². The second kappa shape index (κ2) is 5.45. The molecule has 100 valence electrons. The van der Waals surface area contributed by atoms with Crippen LogP contribution in [0.5, 0.6) is 0 Å². The third-order valence-electron chi connectivity index (χ3n) is 3.14. The van der Waals surface area contributed by atoms with E-state index in [4.69, 9.17) is 5.84 Å². The summed E-state index contributed by atoms with van der Waals surface area (Å²) in [5, 5.41) is 12.2. The minimum atomic E-state index is -0.836. The molecule has 1 aromatic heterocycles. The number of aliphatic hydroxyl groups excluding tert-OH is 1. The molecule has 0 radical (unpaired) electrons. The second-order valence-corrected chi connectivity index (χ2v) is 4.51. The molecule has 1 aromatic rings. The summed E-state index contributed by atoms with van der Waals surface area (Å²) in [5.41, 5.74) is 2.07. The van der Waals surface area contributed by atoms with Crippen molar-refractivity contribution in [2.24, 2.45) is 11.8 Å². The Morgan fingerprint density at radius 2 is 2.06 bits per heavy atom. The molecular weight excluding hydrogens is 242 g/mol. The van der Waals surface area contributed by atoms with Gasteiger partial charge in [0.05, 0.1) is 6.10 Å². The lowest BCUT2D eigenvalue weighted by atomic mass is 10.1. The van der Waals surface area contributed by atoms with Crippen molar-refractivity contribution in [1.29, 1.82) is 0 Å². The highest BCUT2D eigenvalue weighted by Crippen LogP contribution is 2.26. The van der Waals surface area contributed by atoms with Crippen LogP contribution in [0.15, 0.2) is 6.07 Å². The first kappa shape index (κ1) is 13.0. The van der Waals surface area contributed by atoms with Gasteiger partial charge < -0.3 is 15.8 Å². The van der Waals surface area contributed by atoms with Gasteiger partial charge >= 0.3 is 0 Å². The first-order valence-electron chi connectivity index (χ1n) is 5.84. The van der Waals surface area contributed by atoms with Gasteiger partial charge in [-0.1, -0.05) is 0 Å². The lowest BCUT2D eigenvalue weighted by Crippen LogP contribution is -2.17. The largest absolute Gasteiger partial charge is 0.393 e. The Hall–Kier alpha value is -1.47. The Morgan fingerprint density at radius 1 is 1.33 bits per heavy atom. The number of anilines is 2. The molecule has 5 N–H and O–H groups in total. The van der Waals surface area contributed by atoms with Crippen molar-refractivity contribution in [2.45, 2.75) is 25.4 Å². The summed E-state index contributed by atoms with van der Waals surface area (Å²) in [6.07, 6.45) is 2.07. The van der Waals surface area contributed by atoms with Crippen LogP contribution in [0.3, 0.4) is 0 Å². The predicted molar refractivity (Wildman–Crippen MR) is 63.8 cm³/mol. The first-order chi connectivity index (χ1) is 8.60. The quantitative estimate of drug-likeness (QED) is 0.482. The Bertz CT molecular complexity index is 430. The minimum Gasteiger partial charge on any atom is -0.393 e. The van der Waals surface area contributed by atoms with Gasteiger partial charge in [0.25, 0.3) is 0 Å².